The van der Waals surface area contributed by atoms with E-state index in [-0.39, 0.29) is 0 Å². The molecule has 1 atom stereocenters. The van der Waals surface area contributed by atoms with Gasteiger partial charge in [0.15, 0.2) is 0 Å². The predicted octanol–water partition coefficient (Wildman–Crippen LogP) is 2.88. The minimum absolute atomic E-state index is 0.511. The molecule has 3 heteroatoms. The molecule has 2 aliphatic heterocycles. The van der Waals surface area contributed by atoms with Crippen molar-refractivity contribution in [3.05, 3.63) is 23.9 Å². The third-order valence-electron chi connectivity index (χ3n) is 4.49. The largest absolute Gasteiger partial charge is 0.355 e. The summed E-state index contributed by atoms with van der Waals surface area (Å²) in [6, 6.07) is 7.22. The smallest absolute Gasteiger partial charge is 0.128 e. The molecule has 1 aromatic rings. The summed E-state index contributed by atoms with van der Waals surface area (Å²) in [5.74, 6) is 1.69. The summed E-state index contributed by atoms with van der Waals surface area (Å²) >= 11 is 0. The topological polar surface area (TPSA) is 19.4 Å². The summed E-state index contributed by atoms with van der Waals surface area (Å²) in [7, 11) is 0. The number of rotatable bonds is 3. The molecule has 0 saturated carbocycles. The number of aromatic nitrogens is 1. The molecule has 1 aromatic heterocycles. The molecule has 2 aliphatic rings. The number of anilines is 1. The Kier molecular flexibility index (Phi) is 3.74. The highest BCUT2D eigenvalue weighted by Gasteiger charge is 2.29. The van der Waals surface area contributed by atoms with E-state index in [1.165, 1.54) is 43.9 Å². The Balaban J connectivity index is 1.68. The van der Waals surface area contributed by atoms with Gasteiger partial charge in [-0.05, 0) is 50.4 Å². The maximum Gasteiger partial charge on any atom is 0.128 e. The van der Waals surface area contributed by atoms with Gasteiger partial charge in [0.25, 0.3) is 0 Å². The Hall–Kier alpha value is -1.09. The molecule has 0 spiro atoms. The molecular formula is C16H25N3. The zero-order valence-corrected chi connectivity index (χ0v) is 12.2. The van der Waals surface area contributed by atoms with Crippen molar-refractivity contribution in [1.82, 2.24) is 9.88 Å². The zero-order valence-electron chi connectivity index (χ0n) is 12.2. The molecule has 0 amide bonds. The van der Waals surface area contributed by atoms with Gasteiger partial charge in [0, 0.05) is 24.8 Å². The second-order valence-corrected chi connectivity index (χ2v) is 6.21. The van der Waals surface area contributed by atoms with Crippen LogP contribution in [-0.4, -0.2) is 42.1 Å². The van der Waals surface area contributed by atoms with Crippen LogP contribution in [-0.2, 0) is 0 Å². The highest BCUT2D eigenvalue weighted by molar-refractivity contribution is 5.41. The van der Waals surface area contributed by atoms with E-state index >= 15 is 0 Å². The SMILES string of the molecule is CC(C)c1cccc(N2CC[C@@H](N3CCCC3)C2)n1. The van der Waals surface area contributed by atoms with Gasteiger partial charge in [-0.25, -0.2) is 4.98 Å². The van der Waals surface area contributed by atoms with Crippen molar-refractivity contribution in [3.63, 3.8) is 0 Å². The molecule has 0 aromatic carbocycles. The minimum atomic E-state index is 0.511. The lowest BCUT2D eigenvalue weighted by molar-refractivity contribution is 0.260. The first-order valence-corrected chi connectivity index (χ1v) is 7.70. The van der Waals surface area contributed by atoms with Crippen molar-refractivity contribution in [2.45, 2.75) is 45.1 Å². The summed E-state index contributed by atoms with van der Waals surface area (Å²) < 4.78 is 0. The average Bonchev–Trinajstić information content (AvgIpc) is 3.09. The lowest BCUT2D eigenvalue weighted by atomic mass is 10.1. The number of likely N-dealkylation sites (tertiary alicyclic amines) is 1. The van der Waals surface area contributed by atoms with E-state index in [9.17, 15) is 0 Å². The van der Waals surface area contributed by atoms with Crippen LogP contribution in [0.1, 0.15) is 44.7 Å². The monoisotopic (exact) mass is 259 g/mol. The quantitative estimate of drug-likeness (QED) is 0.832. The van der Waals surface area contributed by atoms with E-state index in [1.54, 1.807) is 0 Å². The van der Waals surface area contributed by atoms with Crippen molar-refractivity contribution in [3.8, 4) is 0 Å². The van der Waals surface area contributed by atoms with E-state index in [0.717, 1.165) is 19.1 Å². The molecular weight excluding hydrogens is 234 g/mol. The number of hydrogen-bond donors (Lipinski definition) is 0. The van der Waals surface area contributed by atoms with Crippen molar-refractivity contribution >= 4 is 5.82 Å². The first-order chi connectivity index (χ1) is 9.24. The highest BCUT2D eigenvalue weighted by Crippen LogP contribution is 2.25. The molecule has 0 bridgehead atoms. The van der Waals surface area contributed by atoms with E-state index in [4.69, 9.17) is 4.98 Å². The molecule has 2 saturated heterocycles. The molecule has 0 aliphatic carbocycles. The van der Waals surface area contributed by atoms with Crippen LogP contribution < -0.4 is 4.90 Å². The Morgan fingerprint density at radius 1 is 1.16 bits per heavy atom. The fraction of sp³-hybridized carbons (Fsp3) is 0.688. The number of hydrogen-bond acceptors (Lipinski definition) is 3. The van der Waals surface area contributed by atoms with Crippen LogP contribution in [0.25, 0.3) is 0 Å². The summed E-state index contributed by atoms with van der Waals surface area (Å²) in [5, 5.41) is 0. The first kappa shape index (κ1) is 12.9. The van der Waals surface area contributed by atoms with Crippen LogP contribution in [0.5, 0.6) is 0 Å². The van der Waals surface area contributed by atoms with Crippen molar-refractivity contribution in [1.29, 1.82) is 0 Å². The van der Waals surface area contributed by atoms with Gasteiger partial charge < -0.3 is 4.90 Å². The molecule has 104 valence electrons. The Morgan fingerprint density at radius 3 is 2.68 bits per heavy atom. The van der Waals surface area contributed by atoms with Crippen LogP contribution in [0.2, 0.25) is 0 Å². The Bertz CT molecular complexity index is 424. The molecule has 3 nitrogen and oxygen atoms in total. The van der Waals surface area contributed by atoms with Crippen LogP contribution in [0.4, 0.5) is 5.82 Å². The summed E-state index contributed by atoms with van der Waals surface area (Å²) in [5.41, 5.74) is 1.21. The maximum atomic E-state index is 4.82. The van der Waals surface area contributed by atoms with Crippen molar-refractivity contribution in [2.24, 2.45) is 0 Å². The van der Waals surface area contributed by atoms with E-state index in [0.29, 0.717) is 5.92 Å². The van der Waals surface area contributed by atoms with E-state index in [1.807, 2.05) is 0 Å². The first-order valence-electron chi connectivity index (χ1n) is 7.70. The van der Waals surface area contributed by atoms with Gasteiger partial charge in [0.2, 0.25) is 0 Å². The molecule has 0 unspecified atom stereocenters. The van der Waals surface area contributed by atoms with Gasteiger partial charge in [0.05, 0.1) is 0 Å². The van der Waals surface area contributed by atoms with Crippen LogP contribution in [0.15, 0.2) is 18.2 Å². The molecule has 2 fully saturated rings. The van der Waals surface area contributed by atoms with E-state index in [2.05, 4.69) is 41.8 Å². The fourth-order valence-electron chi connectivity index (χ4n) is 3.29. The molecule has 19 heavy (non-hydrogen) atoms. The molecule has 3 heterocycles. The fourth-order valence-corrected chi connectivity index (χ4v) is 3.29. The van der Waals surface area contributed by atoms with Crippen LogP contribution >= 0.6 is 0 Å². The van der Waals surface area contributed by atoms with Gasteiger partial charge in [-0.3, -0.25) is 4.90 Å². The lowest BCUT2D eigenvalue weighted by Gasteiger charge is -2.24. The standard InChI is InChI=1S/C16H25N3/c1-13(2)15-6-5-7-16(17-15)19-11-8-14(12-19)18-9-3-4-10-18/h5-7,13-14H,3-4,8-12H2,1-2H3/t14-/m1/s1. The van der Waals surface area contributed by atoms with Gasteiger partial charge >= 0.3 is 0 Å². The maximum absolute atomic E-state index is 4.82. The molecule has 0 radical (unpaired) electrons. The predicted molar refractivity (Wildman–Crippen MR) is 79.8 cm³/mol. The van der Waals surface area contributed by atoms with E-state index < -0.39 is 0 Å². The van der Waals surface area contributed by atoms with Gasteiger partial charge in [0.1, 0.15) is 5.82 Å². The summed E-state index contributed by atoms with van der Waals surface area (Å²) in [6.45, 7) is 9.35. The van der Waals surface area contributed by atoms with Crippen LogP contribution in [0.3, 0.4) is 0 Å². The number of nitrogens with zero attached hydrogens (tertiary/aromatic N) is 3. The second-order valence-electron chi connectivity index (χ2n) is 6.21. The highest BCUT2D eigenvalue weighted by atomic mass is 15.3. The van der Waals surface area contributed by atoms with Gasteiger partial charge in [-0.2, -0.15) is 0 Å². The molecule has 0 N–H and O–H groups in total. The lowest BCUT2D eigenvalue weighted by Crippen LogP contribution is -2.35. The average molecular weight is 259 g/mol. The van der Waals surface area contributed by atoms with Crippen molar-refractivity contribution < 1.29 is 0 Å². The zero-order chi connectivity index (χ0) is 13.2. The van der Waals surface area contributed by atoms with Crippen LogP contribution in [0, 0.1) is 0 Å². The second kappa shape index (κ2) is 5.49. The van der Waals surface area contributed by atoms with Gasteiger partial charge in [-0.1, -0.05) is 19.9 Å². The summed E-state index contributed by atoms with van der Waals surface area (Å²) in [6.07, 6.45) is 4.07. The molecule has 3 rings (SSSR count). The Morgan fingerprint density at radius 2 is 1.95 bits per heavy atom. The Labute approximate surface area is 116 Å². The third kappa shape index (κ3) is 2.76. The summed E-state index contributed by atoms with van der Waals surface area (Å²) in [4.78, 5) is 9.96. The van der Waals surface area contributed by atoms with Crippen molar-refractivity contribution in [2.75, 3.05) is 31.1 Å². The normalized spacial score (nSPS) is 24.6. The third-order valence-corrected chi connectivity index (χ3v) is 4.49. The number of pyridine rings is 1. The minimum Gasteiger partial charge on any atom is -0.355 e. The van der Waals surface area contributed by atoms with Gasteiger partial charge in [-0.15, -0.1) is 0 Å².